The first-order valence-corrected chi connectivity index (χ1v) is 12.8. The molecular weight excluding hydrogens is 545 g/mol. The molecule has 4 rings (SSSR count). The summed E-state index contributed by atoms with van der Waals surface area (Å²) in [5.74, 6) is -1.36. The van der Waals surface area contributed by atoms with Crippen molar-refractivity contribution in [2.24, 2.45) is 17.3 Å². The monoisotopic (exact) mass is 564 g/mol. The van der Waals surface area contributed by atoms with Crippen LogP contribution in [-0.4, -0.2) is 30.5 Å². The molecule has 0 atom stereocenters. The Labute approximate surface area is 220 Å². The number of benzene rings is 3. The van der Waals surface area contributed by atoms with Gasteiger partial charge in [0.15, 0.2) is 5.69 Å². The van der Waals surface area contributed by atoms with Gasteiger partial charge in [0, 0.05) is 12.4 Å². The third-order valence-corrected chi connectivity index (χ3v) is 7.86. The van der Waals surface area contributed by atoms with E-state index in [2.05, 4.69) is 10.2 Å². The summed E-state index contributed by atoms with van der Waals surface area (Å²) in [6, 6.07) is 14.9. The summed E-state index contributed by atoms with van der Waals surface area (Å²) in [4.78, 5) is 12.6. The van der Waals surface area contributed by atoms with Crippen LogP contribution in [0.15, 0.2) is 81.9 Å². The molecular formula is C25H20ClF3N4O4S. The van der Waals surface area contributed by atoms with Crippen molar-refractivity contribution in [3.8, 4) is 5.88 Å². The van der Waals surface area contributed by atoms with Gasteiger partial charge in [-0.15, -0.1) is 10.2 Å². The molecule has 3 aromatic carbocycles. The lowest BCUT2D eigenvalue weighted by Gasteiger charge is -2.24. The number of halogens is 4. The highest BCUT2D eigenvalue weighted by Gasteiger charge is 2.35. The van der Waals surface area contributed by atoms with Crippen LogP contribution in [0.3, 0.4) is 0 Å². The SMILES string of the molecule is Cc1ccc(S(=O)(=O)N(CC(=O)N=Nc2c(O)n(C)c3ccccc23)c2ccc(Cl)c(C(F)(F)F)c2)cc1. The molecule has 0 spiro atoms. The second-order valence-electron chi connectivity index (χ2n) is 8.33. The van der Waals surface area contributed by atoms with E-state index in [1.807, 2.05) is 0 Å². The molecule has 0 aliphatic rings. The summed E-state index contributed by atoms with van der Waals surface area (Å²) in [5, 5.41) is 17.6. The van der Waals surface area contributed by atoms with Crippen molar-refractivity contribution in [2.45, 2.75) is 18.0 Å². The Balaban J connectivity index is 1.76. The zero-order chi connectivity index (χ0) is 27.8. The van der Waals surface area contributed by atoms with E-state index in [9.17, 15) is 31.5 Å². The maximum atomic E-state index is 13.5. The number of rotatable bonds is 6. The van der Waals surface area contributed by atoms with Gasteiger partial charge < -0.3 is 9.67 Å². The molecule has 0 unspecified atom stereocenters. The smallest absolute Gasteiger partial charge is 0.417 e. The Morgan fingerprint density at radius 2 is 1.74 bits per heavy atom. The molecule has 1 N–H and O–H groups in total. The minimum Gasteiger partial charge on any atom is -0.493 e. The lowest BCUT2D eigenvalue weighted by atomic mass is 10.2. The number of alkyl halides is 3. The molecule has 0 bridgehead atoms. The molecule has 0 fully saturated rings. The average molecular weight is 565 g/mol. The van der Waals surface area contributed by atoms with E-state index >= 15 is 0 Å². The quantitative estimate of drug-likeness (QED) is 0.275. The molecule has 8 nitrogen and oxygen atoms in total. The van der Waals surface area contributed by atoms with Crippen LogP contribution >= 0.6 is 11.6 Å². The fourth-order valence-electron chi connectivity index (χ4n) is 3.76. The number of nitrogens with zero attached hydrogens (tertiary/aromatic N) is 4. The maximum Gasteiger partial charge on any atom is 0.417 e. The highest BCUT2D eigenvalue weighted by Crippen LogP contribution is 2.39. The normalized spacial score (nSPS) is 12.4. The summed E-state index contributed by atoms with van der Waals surface area (Å²) in [7, 11) is -2.94. The first-order valence-electron chi connectivity index (χ1n) is 11.0. The van der Waals surface area contributed by atoms with Crippen molar-refractivity contribution in [3.05, 3.63) is 82.9 Å². The molecule has 38 heavy (non-hydrogen) atoms. The van der Waals surface area contributed by atoms with E-state index in [-0.39, 0.29) is 16.5 Å². The zero-order valence-corrected chi connectivity index (χ0v) is 21.5. The van der Waals surface area contributed by atoms with Crippen LogP contribution in [0.5, 0.6) is 5.88 Å². The Bertz CT molecular complexity index is 1670. The van der Waals surface area contributed by atoms with E-state index in [4.69, 9.17) is 11.6 Å². The number of anilines is 1. The van der Waals surface area contributed by atoms with E-state index in [1.165, 1.54) is 28.8 Å². The average Bonchev–Trinajstić information content (AvgIpc) is 3.10. The van der Waals surface area contributed by atoms with E-state index in [1.54, 1.807) is 38.2 Å². The zero-order valence-electron chi connectivity index (χ0n) is 19.9. The predicted octanol–water partition coefficient (Wildman–Crippen LogP) is 6.37. The highest BCUT2D eigenvalue weighted by molar-refractivity contribution is 7.92. The van der Waals surface area contributed by atoms with Gasteiger partial charge in [-0.05, 0) is 43.3 Å². The Morgan fingerprint density at radius 1 is 1.08 bits per heavy atom. The maximum absolute atomic E-state index is 13.5. The molecule has 0 radical (unpaired) electrons. The van der Waals surface area contributed by atoms with Crippen molar-refractivity contribution < 1.29 is 31.5 Å². The number of aromatic hydroxyl groups is 1. The van der Waals surface area contributed by atoms with Gasteiger partial charge in [-0.3, -0.25) is 9.10 Å². The standard InChI is InChI=1S/C25H20ClF3N4O4S/c1-15-7-10-17(11-8-15)38(36,37)33(16-9-12-20(26)19(13-16)25(27,28)29)14-22(34)30-31-23-18-5-3-4-6-21(18)32(2)24(23)35/h3-13,35H,14H2,1-2H3. The van der Waals surface area contributed by atoms with E-state index in [0.717, 1.165) is 17.7 Å². The van der Waals surface area contributed by atoms with Gasteiger partial charge in [0.2, 0.25) is 5.88 Å². The highest BCUT2D eigenvalue weighted by atomic mass is 35.5. The summed E-state index contributed by atoms with van der Waals surface area (Å²) in [6.07, 6.45) is -4.87. The van der Waals surface area contributed by atoms with Crippen LogP contribution in [0.2, 0.25) is 5.02 Å². The van der Waals surface area contributed by atoms with Crippen LogP contribution in [-0.2, 0) is 28.0 Å². The molecule has 0 saturated carbocycles. The number of fused-ring (bicyclic) bond motifs is 1. The first-order chi connectivity index (χ1) is 17.8. The number of carbonyl (C=O) groups excluding carboxylic acids is 1. The van der Waals surface area contributed by atoms with Gasteiger partial charge >= 0.3 is 6.18 Å². The lowest BCUT2D eigenvalue weighted by Crippen LogP contribution is -2.35. The minimum absolute atomic E-state index is 0.0183. The van der Waals surface area contributed by atoms with Crippen molar-refractivity contribution >= 4 is 49.8 Å². The van der Waals surface area contributed by atoms with Crippen molar-refractivity contribution in [2.75, 3.05) is 10.8 Å². The number of azo groups is 1. The minimum atomic E-state index is -4.87. The van der Waals surface area contributed by atoms with Crippen LogP contribution in [0.1, 0.15) is 11.1 Å². The molecule has 1 amide bonds. The molecule has 1 aromatic heterocycles. The van der Waals surface area contributed by atoms with Crippen molar-refractivity contribution in [3.63, 3.8) is 0 Å². The Hall–Kier alpha value is -3.90. The second kappa shape index (κ2) is 10.1. The van der Waals surface area contributed by atoms with Gasteiger partial charge in [-0.25, -0.2) is 8.42 Å². The second-order valence-corrected chi connectivity index (χ2v) is 10.6. The fourth-order valence-corrected chi connectivity index (χ4v) is 5.39. The Morgan fingerprint density at radius 3 is 2.39 bits per heavy atom. The van der Waals surface area contributed by atoms with Crippen LogP contribution in [0, 0.1) is 6.92 Å². The predicted molar refractivity (Wildman–Crippen MR) is 136 cm³/mol. The number of carbonyl (C=O) groups is 1. The van der Waals surface area contributed by atoms with Crippen LogP contribution in [0.4, 0.5) is 24.5 Å². The summed E-state index contributed by atoms with van der Waals surface area (Å²) < 4.78 is 69.4. The molecule has 4 aromatic rings. The van der Waals surface area contributed by atoms with Gasteiger partial charge in [0.25, 0.3) is 15.9 Å². The van der Waals surface area contributed by atoms with Crippen molar-refractivity contribution in [1.82, 2.24) is 4.57 Å². The molecule has 0 aliphatic carbocycles. The lowest BCUT2D eigenvalue weighted by molar-refractivity contribution is -0.137. The van der Waals surface area contributed by atoms with Gasteiger partial charge in [0.1, 0.15) is 6.54 Å². The summed E-state index contributed by atoms with van der Waals surface area (Å²) >= 11 is 5.71. The summed E-state index contributed by atoms with van der Waals surface area (Å²) in [5.41, 5.74) is -0.374. The van der Waals surface area contributed by atoms with E-state index in [0.29, 0.717) is 21.3 Å². The van der Waals surface area contributed by atoms with Crippen molar-refractivity contribution in [1.29, 1.82) is 0 Å². The molecule has 0 saturated heterocycles. The molecule has 0 aliphatic heterocycles. The number of aryl methyl sites for hydroxylation is 2. The van der Waals surface area contributed by atoms with Gasteiger partial charge in [-0.2, -0.15) is 13.2 Å². The largest absolute Gasteiger partial charge is 0.493 e. The van der Waals surface area contributed by atoms with Crippen LogP contribution < -0.4 is 4.31 Å². The molecule has 198 valence electrons. The molecule has 13 heteroatoms. The fraction of sp³-hybridized carbons (Fsp3) is 0.160. The number of hydrogen-bond acceptors (Lipinski definition) is 5. The number of aromatic nitrogens is 1. The first kappa shape index (κ1) is 27.1. The number of para-hydroxylation sites is 1. The van der Waals surface area contributed by atoms with Gasteiger partial charge in [0.05, 0.1) is 26.7 Å². The Kier molecular flexibility index (Phi) is 7.22. The summed E-state index contributed by atoms with van der Waals surface area (Å²) in [6.45, 7) is 0.764. The third kappa shape index (κ3) is 5.22. The molecule has 1 heterocycles. The third-order valence-electron chi connectivity index (χ3n) is 5.74. The topological polar surface area (TPSA) is 104 Å². The van der Waals surface area contributed by atoms with Gasteiger partial charge in [-0.1, -0.05) is 47.5 Å². The number of sulfonamides is 1. The number of amides is 1. The number of hydrogen-bond donors (Lipinski definition) is 1. The van der Waals surface area contributed by atoms with E-state index < -0.39 is 44.9 Å². The van der Waals surface area contributed by atoms with Crippen LogP contribution in [0.25, 0.3) is 10.9 Å².